The Morgan fingerprint density at radius 3 is 2.74 bits per heavy atom. The second-order valence-corrected chi connectivity index (χ2v) is 6.23. The van der Waals surface area contributed by atoms with Crippen molar-refractivity contribution >= 4 is 11.6 Å². The Balaban J connectivity index is 2.34. The van der Waals surface area contributed by atoms with Gasteiger partial charge < -0.3 is 5.73 Å². The summed E-state index contributed by atoms with van der Waals surface area (Å²) in [5.74, 6) is 0. The van der Waals surface area contributed by atoms with E-state index < -0.39 is 0 Å². The molecule has 2 nitrogen and oxygen atoms in total. The molecular formula is C16H25ClN2. The molecule has 0 aliphatic carbocycles. The van der Waals surface area contributed by atoms with Gasteiger partial charge >= 0.3 is 0 Å². The molecule has 106 valence electrons. The molecule has 1 aromatic carbocycles. The van der Waals surface area contributed by atoms with Gasteiger partial charge in [0, 0.05) is 23.1 Å². The van der Waals surface area contributed by atoms with Crippen LogP contribution in [0.2, 0.25) is 5.02 Å². The normalized spacial score (nSPS) is 27.4. The molecule has 3 heteroatoms. The molecule has 0 radical (unpaired) electrons. The minimum absolute atomic E-state index is 0.105. The van der Waals surface area contributed by atoms with Crippen molar-refractivity contribution in [2.45, 2.75) is 64.2 Å². The van der Waals surface area contributed by atoms with Gasteiger partial charge in [-0.25, -0.2) is 0 Å². The van der Waals surface area contributed by atoms with Crippen LogP contribution < -0.4 is 5.73 Å². The van der Waals surface area contributed by atoms with E-state index in [-0.39, 0.29) is 12.1 Å². The van der Waals surface area contributed by atoms with Gasteiger partial charge in [0.25, 0.3) is 0 Å². The van der Waals surface area contributed by atoms with Crippen molar-refractivity contribution in [3.05, 3.63) is 34.9 Å². The number of benzene rings is 1. The summed E-state index contributed by atoms with van der Waals surface area (Å²) >= 11 is 6.15. The monoisotopic (exact) mass is 280 g/mol. The van der Waals surface area contributed by atoms with Gasteiger partial charge in [-0.3, -0.25) is 4.90 Å². The third-order valence-electron chi connectivity index (χ3n) is 4.33. The maximum Gasteiger partial charge on any atom is 0.0502 e. The van der Waals surface area contributed by atoms with E-state index in [1.165, 1.54) is 24.8 Å². The van der Waals surface area contributed by atoms with Gasteiger partial charge in [-0.15, -0.1) is 0 Å². The topological polar surface area (TPSA) is 29.3 Å². The third kappa shape index (κ3) is 3.13. The standard InChI is InChI=1S/C16H25ClN2/c1-4-15-9-8-11(2)19(15)16(12(3)18)13-6-5-7-14(17)10-13/h5-7,10-12,15-16H,4,8-9,18H2,1-3H3. The lowest BCUT2D eigenvalue weighted by molar-refractivity contribution is 0.117. The molecule has 1 aromatic rings. The summed E-state index contributed by atoms with van der Waals surface area (Å²) in [4.78, 5) is 2.61. The van der Waals surface area contributed by atoms with E-state index >= 15 is 0 Å². The molecule has 2 N–H and O–H groups in total. The summed E-state index contributed by atoms with van der Waals surface area (Å²) < 4.78 is 0. The molecule has 2 rings (SSSR count). The lowest BCUT2D eigenvalue weighted by Crippen LogP contribution is -2.45. The van der Waals surface area contributed by atoms with Crippen LogP contribution in [0, 0.1) is 0 Å². The van der Waals surface area contributed by atoms with E-state index in [0.29, 0.717) is 12.1 Å². The lowest BCUT2D eigenvalue weighted by atomic mass is 9.97. The fourth-order valence-electron chi connectivity index (χ4n) is 3.45. The Labute approximate surface area is 121 Å². The molecule has 1 saturated heterocycles. The van der Waals surface area contributed by atoms with Crippen LogP contribution in [0.4, 0.5) is 0 Å². The minimum Gasteiger partial charge on any atom is -0.326 e. The zero-order valence-corrected chi connectivity index (χ0v) is 12.9. The van der Waals surface area contributed by atoms with Crippen LogP contribution >= 0.6 is 11.6 Å². The maximum absolute atomic E-state index is 6.29. The smallest absolute Gasteiger partial charge is 0.0502 e. The number of nitrogens with two attached hydrogens (primary N) is 1. The lowest BCUT2D eigenvalue weighted by Gasteiger charge is -2.38. The van der Waals surface area contributed by atoms with E-state index in [4.69, 9.17) is 17.3 Å². The summed E-state index contributed by atoms with van der Waals surface area (Å²) in [6, 6.07) is 9.77. The van der Waals surface area contributed by atoms with Crippen molar-refractivity contribution < 1.29 is 0 Å². The average molecular weight is 281 g/mol. The third-order valence-corrected chi connectivity index (χ3v) is 4.56. The first-order valence-electron chi connectivity index (χ1n) is 7.33. The van der Waals surface area contributed by atoms with Gasteiger partial charge in [0.1, 0.15) is 0 Å². The predicted molar refractivity (Wildman–Crippen MR) is 82.5 cm³/mol. The zero-order chi connectivity index (χ0) is 14.0. The largest absolute Gasteiger partial charge is 0.326 e. The van der Waals surface area contributed by atoms with Gasteiger partial charge in [-0.2, -0.15) is 0 Å². The molecule has 4 atom stereocenters. The predicted octanol–water partition coefficient (Wildman–Crippen LogP) is 3.99. The summed E-state index contributed by atoms with van der Waals surface area (Å²) in [6.45, 7) is 6.69. The molecule has 4 unspecified atom stereocenters. The molecule has 0 spiro atoms. The Morgan fingerprint density at radius 2 is 2.16 bits per heavy atom. The highest BCUT2D eigenvalue weighted by atomic mass is 35.5. The molecule has 0 bridgehead atoms. The van der Waals surface area contributed by atoms with Crippen molar-refractivity contribution in [1.82, 2.24) is 4.90 Å². The first-order valence-corrected chi connectivity index (χ1v) is 7.70. The number of hydrogen-bond acceptors (Lipinski definition) is 2. The number of likely N-dealkylation sites (tertiary alicyclic amines) is 1. The summed E-state index contributed by atoms with van der Waals surface area (Å²) in [6.07, 6.45) is 3.73. The Hall–Kier alpha value is -0.570. The number of halogens is 1. The van der Waals surface area contributed by atoms with Crippen molar-refractivity contribution in [3.8, 4) is 0 Å². The van der Waals surface area contributed by atoms with Crippen molar-refractivity contribution in [2.75, 3.05) is 0 Å². The molecule has 1 fully saturated rings. The van der Waals surface area contributed by atoms with E-state index in [9.17, 15) is 0 Å². The molecule has 0 aromatic heterocycles. The van der Waals surface area contributed by atoms with Crippen molar-refractivity contribution in [1.29, 1.82) is 0 Å². The van der Waals surface area contributed by atoms with Crippen molar-refractivity contribution in [3.63, 3.8) is 0 Å². The van der Waals surface area contributed by atoms with Crippen LogP contribution in [0.1, 0.15) is 51.6 Å². The quantitative estimate of drug-likeness (QED) is 0.903. The summed E-state index contributed by atoms with van der Waals surface area (Å²) in [5.41, 5.74) is 7.54. The van der Waals surface area contributed by atoms with E-state index in [1.54, 1.807) is 0 Å². The Morgan fingerprint density at radius 1 is 1.42 bits per heavy atom. The molecule has 1 aliphatic rings. The zero-order valence-electron chi connectivity index (χ0n) is 12.1. The van der Waals surface area contributed by atoms with Gasteiger partial charge in [-0.1, -0.05) is 30.7 Å². The van der Waals surface area contributed by atoms with Gasteiger partial charge in [-0.05, 0) is 50.8 Å². The summed E-state index contributed by atoms with van der Waals surface area (Å²) in [5, 5.41) is 0.794. The number of nitrogens with zero attached hydrogens (tertiary/aromatic N) is 1. The highest BCUT2D eigenvalue weighted by Gasteiger charge is 2.37. The van der Waals surface area contributed by atoms with Gasteiger partial charge in [0.05, 0.1) is 6.04 Å². The van der Waals surface area contributed by atoms with Gasteiger partial charge in [0.2, 0.25) is 0 Å². The van der Waals surface area contributed by atoms with E-state index in [1.807, 2.05) is 12.1 Å². The molecular weight excluding hydrogens is 256 g/mol. The fraction of sp³-hybridized carbons (Fsp3) is 0.625. The van der Waals surface area contributed by atoms with Crippen LogP contribution in [0.5, 0.6) is 0 Å². The first-order chi connectivity index (χ1) is 9.04. The molecule has 19 heavy (non-hydrogen) atoms. The molecule has 1 aliphatic heterocycles. The second-order valence-electron chi connectivity index (χ2n) is 5.79. The highest BCUT2D eigenvalue weighted by Crippen LogP contribution is 2.37. The van der Waals surface area contributed by atoms with Crippen LogP contribution in [0.15, 0.2) is 24.3 Å². The van der Waals surface area contributed by atoms with E-state index in [0.717, 1.165) is 5.02 Å². The minimum atomic E-state index is 0.105. The molecule has 1 heterocycles. The summed E-state index contributed by atoms with van der Waals surface area (Å²) in [7, 11) is 0. The molecule has 0 amide bonds. The van der Waals surface area contributed by atoms with Crippen molar-refractivity contribution in [2.24, 2.45) is 5.73 Å². The van der Waals surface area contributed by atoms with E-state index in [2.05, 4.69) is 37.8 Å². The highest BCUT2D eigenvalue weighted by molar-refractivity contribution is 6.30. The van der Waals surface area contributed by atoms with Crippen LogP contribution in [0.3, 0.4) is 0 Å². The Kier molecular flexibility index (Phi) is 4.88. The maximum atomic E-state index is 6.29. The number of rotatable bonds is 4. The van der Waals surface area contributed by atoms with Crippen LogP contribution in [-0.2, 0) is 0 Å². The second kappa shape index (κ2) is 6.25. The molecule has 0 saturated carbocycles. The average Bonchev–Trinajstić information content (AvgIpc) is 2.71. The number of hydrogen-bond donors (Lipinski definition) is 1. The van der Waals surface area contributed by atoms with Crippen LogP contribution in [0.25, 0.3) is 0 Å². The Bertz CT molecular complexity index is 419. The van der Waals surface area contributed by atoms with Gasteiger partial charge in [0.15, 0.2) is 0 Å². The first kappa shape index (κ1) is 14.8. The fourth-order valence-corrected chi connectivity index (χ4v) is 3.64. The van der Waals surface area contributed by atoms with Crippen LogP contribution in [-0.4, -0.2) is 23.0 Å². The SMILES string of the molecule is CCC1CCC(C)N1C(c1cccc(Cl)c1)C(C)N.